The van der Waals surface area contributed by atoms with Crippen molar-refractivity contribution in [1.82, 2.24) is 4.57 Å². The van der Waals surface area contributed by atoms with Crippen LogP contribution in [-0.4, -0.2) is 18.0 Å². The highest BCUT2D eigenvalue weighted by Gasteiger charge is 2.49. The molecule has 0 aliphatic carbocycles. The number of anilines is 12. The van der Waals surface area contributed by atoms with Gasteiger partial charge in [-0.15, -0.1) is 0 Å². The fourth-order valence-corrected chi connectivity index (χ4v) is 16.4. The SMILES string of the molecule is c1ccc(-c2cccc3c2c2c(-c4ccccc4)cccc2n3-c2c3c(cc4c2Oc2cc(N(c5ccccc5)c5ccccc5)cc5c2B4c2ccccc2N5c2ccccc2)B2c4ccccc4N(c4ccccc4)c4cc(N(c5ccccc5)c5ccccc5)cc(c42)O3)cc1. The van der Waals surface area contributed by atoms with Gasteiger partial charge in [0.15, 0.2) is 11.5 Å². The molecule has 16 aromatic rings. The molecule has 4 aliphatic rings. The summed E-state index contributed by atoms with van der Waals surface area (Å²) in [4.78, 5) is 9.61. The second kappa shape index (κ2) is 22.9. The number of nitrogens with zero attached hydrogens (tertiary/aromatic N) is 5. The van der Waals surface area contributed by atoms with Crippen molar-refractivity contribution in [3.63, 3.8) is 0 Å². The number of hydrogen-bond donors (Lipinski definition) is 0. The lowest BCUT2D eigenvalue weighted by Crippen LogP contribution is -2.63. The zero-order valence-electron chi connectivity index (χ0n) is 53.8. The van der Waals surface area contributed by atoms with Crippen LogP contribution in [0.2, 0.25) is 0 Å². The minimum absolute atomic E-state index is 0.323. The van der Waals surface area contributed by atoms with Gasteiger partial charge in [-0.2, -0.15) is 0 Å². The summed E-state index contributed by atoms with van der Waals surface area (Å²) in [6, 6.07) is 130. The molecule has 0 amide bonds. The number of aromatic nitrogens is 1. The highest BCUT2D eigenvalue weighted by molar-refractivity contribution is 7.02. The largest absolute Gasteiger partial charge is 0.456 e. The molecule has 5 heterocycles. The Labute approximate surface area is 575 Å². The van der Waals surface area contributed by atoms with Crippen molar-refractivity contribution in [3.8, 4) is 50.9 Å². The molecule has 0 fully saturated rings. The molecule has 0 bridgehead atoms. The molecule has 0 spiro atoms. The predicted molar refractivity (Wildman–Crippen MR) is 413 cm³/mol. The minimum atomic E-state index is -0.323. The van der Waals surface area contributed by atoms with Gasteiger partial charge < -0.3 is 33.6 Å². The standard InChI is InChI=1S/C90H59B2N5O2/c1-9-31-60(32-10-1)70-47-29-53-78-84(70)85-71(61-33-11-2-12-34-61)48-30-54-79(85)97(78)88-89-74(91-72-49-25-27-51-76(72)95(66-43-21-7-22-44-66)80-55-68(57-82(98-89)86(80)91)93(62-35-13-3-14-36-62)63-37-15-4-16-38-63)59-75-90(88)99-83-58-69(94(64-39-17-5-18-40-64)65-41-19-6-20-42-65)56-81-87(83)92(75)73-50-26-28-52-77(73)96(81)67-45-23-8-24-46-67/h1-59H. The van der Waals surface area contributed by atoms with Gasteiger partial charge in [0.1, 0.15) is 17.2 Å². The number of hydrogen-bond acceptors (Lipinski definition) is 6. The van der Waals surface area contributed by atoms with Crippen LogP contribution >= 0.6 is 0 Å². The summed E-state index contributed by atoms with van der Waals surface area (Å²) in [6.45, 7) is -0.646. The summed E-state index contributed by atoms with van der Waals surface area (Å²) in [6.07, 6.45) is 0. The topological polar surface area (TPSA) is 36.4 Å². The third-order valence-corrected chi connectivity index (χ3v) is 20.4. The van der Waals surface area contributed by atoms with E-state index in [2.05, 4.69) is 382 Å². The highest BCUT2D eigenvalue weighted by atomic mass is 16.5. The number of para-hydroxylation sites is 8. The molecule has 462 valence electrons. The van der Waals surface area contributed by atoms with Crippen LogP contribution in [0.5, 0.6) is 23.0 Å². The summed E-state index contributed by atoms with van der Waals surface area (Å²) in [5.41, 5.74) is 26.4. The molecule has 0 radical (unpaired) electrons. The lowest BCUT2D eigenvalue weighted by molar-refractivity contribution is 0.462. The van der Waals surface area contributed by atoms with Crippen LogP contribution in [0, 0.1) is 0 Å². The Morgan fingerprint density at radius 3 is 0.970 bits per heavy atom. The minimum Gasteiger partial charge on any atom is -0.456 e. The van der Waals surface area contributed by atoms with Crippen LogP contribution < -0.4 is 61.9 Å². The van der Waals surface area contributed by atoms with Crippen LogP contribution in [0.4, 0.5) is 68.2 Å². The smallest absolute Gasteiger partial charge is 0.256 e. The van der Waals surface area contributed by atoms with Gasteiger partial charge in [-0.05, 0) is 164 Å². The maximum atomic E-state index is 8.28. The number of benzene rings is 15. The quantitative estimate of drug-likeness (QED) is 0.120. The van der Waals surface area contributed by atoms with E-state index in [0.29, 0.717) is 0 Å². The lowest BCUT2D eigenvalue weighted by atomic mass is 9.31. The van der Waals surface area contributed by atoms with E-state index >= 15 is 0 Å². The van der Waals surface area contributed by atoms with Gasteiger partial charge in [0.05, 0.1) is 22.4 Å². The number of ether oxygens (including phenoxy) is 2. The Balaban J connectivity index is 0.944. The molecule has 0 saturated heterocycles. The molecule has 99 heavy (non-hydrogen) atoms. The van der Waals surface area contributed by atoms with Crippen molar-refractivity contribution in [2.24, 2.45) is 0 Å². The van der Waals surface area contributed by atoms with Crippen molar-refractivity contribution in [2.45, 2.75) is 0 Å². The average Bonchev–Trinajstić information content (AvgIpc) is 1.68. The second-order valence-electron chi connectivity index (χ2n) is 25.8. The van der Waals surface area contributed by atoms with Crippen LogP contribution in [0.1, 0.15) is 0 Å². The zero-order chi connectivity index (χ0) is 65.1. The Morgan fingerprint density at radius 2 is 0.596 bits per heavy atom. The summed E-state index contributed by atoms with van der Waals surface area (Å²) >= 11 is 0. The molecule has 4 aliphatic heterocycles. The first-order chi connectivity index (χ1) is 49.2. The molecule has 0 N–H and O–H groups in total. The van der Waals surface area contributed by atoms with Crippen LogP contribution in [0.15, 0.2) is 358 Å². The van der Waals surface area contributed by atoms with Gasteiger partial charge in [0, 0.05) is 79.8 Å². The van der Waals surface area contributed by atoms with E-state index in [1.54, 1.807) is 0 Å². The van der Waals surface area contributed by atoms with Crippen molar-refractivity contribution in [3.05, 3.63) is 358 Å². The van der Waals surface area contributed by atoms with Gasteiger partial charge in [0.25, 0.3) is 13.4 Å². The van der Waals surface area contributed by atoms with E-state index in [1.165, 1.54) is 10.9 Å². The van der Waals surface area contributed by atoms with Crippen LogP contribution in [-0.2, 0) is 0 Å². The molecule has 15 aromatic carbocycles. The fourth-order valence-electron chi connectivity index (χ4n) is 16.4. The molecule has 1 aromatic heterocycles. The van der Waals surface area contributed by atoms with E-state index in [9.17, 15) is 0 Å². The fraction of sp³-hybridized carbons (Fsp3) is 0. The van der Waals surface area contributed by atoms with E-state index < -0.39 is 0 Å². The molecular formula is C90H59B2N5O2. The second-order valence-corrected chi connectivity index (χ2v) is 25.8. The maximum absolute atomic E-state index is 8.28. The van der Waals surface area contributed by atoms with Crippen molar-refractivity contribution in [2.75, 3.05) is 19.6 Å². The monoisotopic (exact) mass is 1260 g/mol. The summed E-state index contributed by atoms with van der Waals surface area (Å²) in [5.74, 6) is 2.96. The first kappa shape index (κ1) is 56.4. The molecule has 20 rings (SSSR count). The number of fused-ring (bicyclic) bond motifs is 11. The first-order valence-electron chi connectivity index (χ1n) is 34.0. The van der Waals surface area contributed by atoms with Crippen molar-refractivity contribution >= 4 is 136 Å². The van der Waals surface area contributed by atoms with E-state index in [-0.39, 0.29) is 13.4 Å². The third-order valence-electron chi connectivity index (χ3n) is 20.4. The van der Waals surface area contributed by atoms with Crippen molar-refractivity contribution < 1.29 is 9.47 Å². The lowest BCUT2D eigenvalue weighted by Gasteiger charge is -2.43. The predicted octanol–water partition coefficient (Wildman–Crippen LogP) is 19.9. The van der Waals surface area contributed by atoms with Gasteiger partial charge >= 0.3 is 0 Å². The van der Waals surface area contributed by atoms with Gasteiger partial charge in [-0.1, -0.05) is 237 Å². The Hall–Kier alpha value is -13.0. The van der Waals surface area contributed by atoms with Crippen LogP contribution in [0.25, 0.3) is 49.7 Å². The van der Waals surface area contributed by atoms with E-state index in [0.717, 1.165) is 163 Å². The Bertz CT molecular complexity index is 5390. The zero-order valence-corrected chi connectivity index (χ0v) is 53.8. The van der Waals surface area contributed by atoms with Crippen LogP contribution in [0.3, 0.4) is 0 Å². The number of rotatable bonds is 11. The molecule has 0 atom stereocenters. The highest BCUT2D eigenvalue weighted by Crippen LogP contribution is 2.53. The molecular weight excluding hydrogens is 1200 g/mol. The summed E-state index contributed by atoms with van der Waals surface area (Å²) in [7, 11) is 0. The molecule has 0 unspecified atom stereocenters. The van der Waals surface area contributed by atoms with Gasteiger partial charge in [-0.25, -0.2) is 0 Å². The Kier molecular flexibility index (Phi) is 13.0. The van der Waals surface area contributed by atoms with Crippen molar-refractivity contribution in [1.29, 1.82) is 0 Å². The first-order valence-corrected chi connectivity index (χ1v) is 34.0. The molecule has 7 nitrogen and oxygen atoms in total. The van der Waals surface area contributed by atoms with E-state index in [4.69, 9.17) is 9.47 Å². The van der Waals surface area contributed by atoms with Gasteiger partial charge in [0.2, 0.25) is 0 Å². The summed E-state index contributed by atoms with van der Waals surface area (Å²) in [5, 5.41) is 2.27. The van der Waals surface area contributed by atoms with Gasteiger partial charge in [-0.3, -0.25) is 0 Å². The third kappa shape index (κ3) is 8.87. The average molecular weight is 1260 g/mol. The van der Waals surface area contributed by atoms with E-state index in [1.807, 2.05) is 0 Å². The Morgan fingerprint density at radius 1 is 0.263 bits per heavy atom. The summed E-state index contributed by atoms with van der Waals surface area (Å²) < 4.78 is 19.1. The maximum Gasteiger partial charge on any atom is 0.256 e. The normalized spacial score (nSPS) is 12.7. The molecule has 9 heteroatoms. The molecule has 0 saturated carbocycles.